The monoisotopic (exact) mass is 653 g/mol. The SMILES string of the molecule is N.N#Cc1ccc(COc2ccn(C3CCN(Cc4nc5ccc(C(=O)O)cc5n4Cc4cncn4CC(F)(F)F)CC3)n2)c(F)c1. The molecule has 0 aliphatic carbocycles. The van der Waals surface area contributed by atoms with Crippen molar-refractivity contribution in [1.82, 2.24) is 39.9 Å². The van der Waals surface area contributed by atoms with Crippen molar-refractivity contribution in [1.29, 1.82) is 5.26 Å². The van der Waals surface area contributed by atoms with Crippen LogP contribution in [0, 0.1) is 17.1 Å². The van der Waals surface area contributed by atoms with Crippen LogP contribution in [0.25, 0.3) is 11.0 Å². The Balaban J connectivity index is 0.00000433. The fourth-order valence-electron chi connectivity index (χ4n) is 5.61. The molecule has 47 heavy (non-hydrogen) atoms. The molecule has 0 saturated carbocycles. The van der Waals surface area contributed by atoms with E-state index >= 15 is 0 Å². The maximum atomic E-state index is 14.2. The summed E-state index contributed by atoms with van der Waals surface area (Å²) in [6.45, 7) is 0.591. The van der Waals surface area contributed by atoms with Crippen LogP contribution in [-0.2, 0) is 26.2 Å². The molecule has 6 rings (SSSR count). The summed E-state index contributed by atoms with van der Waals surface area (Å²) in [5, 5.41) is 23.0. The molecule has 1 aliphatic rings. The second-order valence-corrected chi connectivity index (χ2v) is 11.1. The van der Waals surface area contributed by atoms with E-state index in [9.17, 15) is 27.5 Å². The summed E-state index contributed by atoms with van der Waals surface area (Å²) in [7, 11) is 0. The standard InChI is InChI=1S/C31H28F4N8O3.H3N/c32-25-11-20(13-36)1-2-22(25)17-46-29-7-10-43(39-29)23-5-8-40(9-6-23)16-28-38-26-4-3-21(30(44)45)12-27(26)42(28)15-24-14-37-19-41(24)18-31(33,34)35;/h1-4,7,10-12,14,19,23H,5-6,8-9,15-18H2,(H,44,45);1H3. The smallest absolute Gasteiger partial charge is 0.406 e. The summed E-state index contributed by atoms with van der Waals surface area (Å²) < 4.78 is 64.1. The summed E-state index contributed by atoms with van der Waals surface area (Å²) in [6, 6.07) is 12.4. The van der Waals surface area contributed by atoms with Crippen molar-refractivity contribution in [3.8, 4) is 11.9 Å². The maximum absolute atomic E-state index is 14.2. The van der Waals surface area contributed by atoms with E-state index in [0.29, 0.717) is 53.6 Å². The lowest BCUT2D eigenvalue weighted by atomic mass is 10.1. The molecule has 2 aromatic carbocycles. The summed E-state index contributed by atoms with van der Waals surface area (Å²) in [4.78, 5) is 22.5. The van der Waals surface area contributed by atoms with Crippen LogP contribution in [0.4, 0.5) is 17.6 Å². The molecule has 1 saturated heterocycles. The Morgan fingerprint density at radius 2 is 1.89 bits per heavy atom. The van der Waals surface area contributed by atoms with Gasteiger partial charge in [-0.25, -0.2) is 19.2 Å². The average molecular weight is 654 g/mol. The number of halogens is 4. The Bertz CT molecular complexity index is 1920. The van der Waals surface area contributed by atoms with Crippen molar-refractivity contribution in [3.05, 3.63) is 95.2 Å². The molecule has 5 aromatic rings. The number of fused-ring (bicyclic) bond motifs is 1. The van der Waals surface area contributed by atoms with E-state index in [0.717, 1.165) is 29.8 Å². The summed E-state index contributed by atoms with van der Waals surface area (Å²) >= 11 is 0. The Kier molecular flexibility index (Phi) is 9.59. The summed E-state index contributed by atoms with van der Waals surface area (Å²) in [5.74, 6) is -0.686. The largest absolute Gasteiger partial charge is 0.478 e. The van der Waals surface area contributed by atoms with E-state index in [2.05, 4.69) is 15.0 Å². The molecule has 0 amide bonds. The first-order valence-corrected chi connectivity index (χ1v) is 14.4. The van der Waals surface area contributed by atoms with Crippen molar-refractivity contribution in [2.45, 2.75) is 51.3 Å². The van der Waals surface area contributed by atoms with Crippen LogP contribution in [0.1, 0.15) is 51.9 Å². The molecule has 3 aromatic heterocycles. The van der Waals surface area contributed by atoms with Gasteiger partial charge in [-0.05, 0) is 43.2 Å². The van der Waals surface area contributed by atoms with Crippen LogP contribution in [0.5, 0.6) is 5.88 Å². The van der Waals surface area contributed by atoms with Crippen LogP contribution in [-0.4, -0.2) is 64.1 Å². The Morgan fingerprint density at radius 1 is 1.11 bits per heavy atom. The van der Waals surface area contributed by atoms with Gasteiger partial charge in [0.15, 0.2) is 0 Å². The van der Waals surface area contributed by atoms with Gasteiger partial charge in [0, 0.05) is 37.1 Å². The molecule has 12 nitrogen and oxygen atoms in total. The van der Waals surface area contributed by atoms with Crippen molar-refractivity contribution in [2.24, 2.45) is 0 Å². The van der Waals surface area contributed by atoms with Crippen LogP contribution in [0.15, 0.2) is 61.2 Å². The highest BCUT2D eigenvalue weighted by Crippen LogP contribution is 2.27. The third kappa shape index (κ3) is 7.59. The lowest BCUT2D eigenvalue weighted by Crippen LogP contribution is -2.35. The van der Waals surface area contributed by atoms with Gasteiger partial charge in [0.1, 0.15) is 24.8 Å². The first-order chi connectivity index (χ1) is 22.1. The van der Waals surface area contributed by atoms with Crippen molar-refractivity contribution >= 4 is 17.0 Å². The second kappa shape index (κ2) is 13.6. The van der Waals surface area contributed by atoms with Crippen molar-refractivity contribution in [2.75, 3.05) is 13.1 Å². The third-order valence-corrected chi connectivity index (χ3v) is 7.98. The zero-order chi connectivity index (χ0) is 32.4. The number of carbonyl (C=O) groups is 1. The van der Waals surface area contributed by atoms with Crippen LogP contribution in [0.3, 0.4) is 0 Å². The van der Waals surface area contributed by atoms with E-state index in [1.54, 1.807) is 16.7 Å². The van der Waals surface area contributed by atoms with E-state index in [-0.39, 0.29) is 36.5 Å². The van der Waals surface area contributed by atoms with Crippen LogP contribution < -0.4 is 10.9 Å². The predicted molar refractivity (Wildman–Crippen MR) is 160 cm³/mol. The normalized spacial score (nSPS) is 14.2. The molecule has 4 N–H and O–H groups in total. The number of aromatic nitrogens is 6. The summed E-state index contributed by atoms with van der Waals surface area (Å²) in [5.41, 5.74) is 1.97. The van der Waals surface area contributed by atoms with Gasteiger partial charge in [-0.2, -0.15) is 18.4 Å². The number of benzene rings is 2. The number of ether oxygens (including phenoxy) is 1. The Hall–Kier alpha value is -5.27. The lowest BCUT2D eigenvalue weighted by molar-refractivity contribution is -0.141. The van der Waals surface area contributed by atoms with Gasteiger partial charge in [-0.3, -0.25) is 9.58 Å². The highest BCUT2D eigenvalue weighted by molar-refractivity contribution is 5.92. The molecule has 0 bridgehead atoms. The molecule has 246 valence electrons. The topological polar surface area (TPSA) is 162 Å². The van der Waals surface area contributed by atoms with E-state index in [1.807, 2.05) is 16.9 Å². The number of nitriles is 1. The molecule has 0 unspecified atom stereocenters. The van der Waals surface area contributed by atoms with Gasteiger partial charge in [0.2, 0.25) is 5.88 Å². The number of alkyl halides is 3. The Labute approximate surface area is 266 Å². The number of carboxylic acids is 1. The first kappa shape index (κ1) is 33.1. The number of imidazole rings is 2. The highest BCUT2D eigenvalue weighted by atomic mass is 19.4. The van der Waals surface area contributed by atoms with Gasteiger partial charge >= 0.3 is 12.1 Å². The molecule has 0 radical (unpaired) electrons. The lowest BCUT2D eigenvalue weighted by Gasteiger charge is -2.31. The molecule has 4 heterocycles. The number of piperidine rings is 1. The minimum absolute atomic E-state index is 0. The minimum atomic E-state index is -4.43. The zero-order valence-electron chi connectivity index (χ0n) is 25.1. The van der Waals surface area contributed by atoms with E-state index < -0.39 is 24.5 Å². The zero-order valence-corrected chi connectivity index (χ0v) is 25.1. The van der Waals surface area contributed by atoms with Crippen molar-refractivity contribution < 1.29 is 32.2 Å². The molecule has 16 heteroatoms. The number of hydrogen-bond acceptors (Lipinski definition) is 8. The fourth-order valence-corrected chi connectivity index (χ4v) is 5.61. The van der Waals surface area contributed by atoms with Crippen LogP contribution >= 0.6 is 0 Å². The van der Waals surface area contributed by atoms with Gasteiger partial charge in [0.25, 0.3) is 0 Å². The Morgan fingerprint density at radius 3 is 2.60 bits per heavy atom. The van der Waals surface area contributed by atoms with E-state index in [1.165, 1.54) is 30.5 Å². The maximum Gasteiger partial charge on any atom is 0.406 e. The highest BCUT2D eigenvalue weighted by Gasteiger charge is 2.29. The number of hydrogen-bond donors (Lipinski definition) is 2. The van der Waals surface area contributed by atoms with Gasteiger partial charge in [0.05, 0.1) is 59.4 Å². The molecule has 1 fully saturated rings. The number of aromatic carboxylic acids is 1. The molecule has 0 atom stereocenters. The number of nitrogens with zero attached hydrogens (tertiary/aromatic N) is 8. The quantitative estimate of drug-likeness (QED) is 0.190. The van der Waals surface area contributed by atoms with Gasteiger partial charge in [-0.15, -0.1) is 5.10 Å². The molecule has 1 aliphatic heterocycles. The summed E-state index contributed by atoms with van der Waals surface area (Å²) in [6.07, 6.45) is 1.40. The van der Waals surface area contributed by atoms with E-state index in [4.69, 9.17) is 15.0 Å². The predicted octanol–water partition coefficient (Wildman–Crippen LogP) is 5.33. The molecule has 0 spiro atoms. The third-order valence-electron chi connectivity index (χ3n) is 7.98. The van der Waals surface area contributed by atoms with Crippen LogP contribution in [0.2, 0.25) is 0 Å². The molecular formula is C31H31F4N9O3. The first-order valence-electron chi connectivity index (χ1n) is 14.4. The number of likely N-dealkylation sites (tertiary alicyclic amines) is 1. The molecular weight excluding hydrogens is 622 g/mol. The minimum Gasteiger partial charge on any atom is -0.478 e. The fraction of sp³-hybridized carbons (Fsp3) is 0.323. The number of rotatable bonds is 10. The van der Waals surface area contributed by atoms with Gasteiger partial charge in [-0.1, -0.05) is 6.07 Å². The van der Waals surface area contributed by atoms with Gasteiger partial charge < -0.3 is 25.1 Å². The number of carboxylic acid groups (broad SMARTS) is 1. The second-order valence-electron chi connectivity index (χ2n) is 11.1. The van der Waals surface area contributed by atoms with Crippen molar-refractivity contribution in [3.63, 3.8) is 0 Å². The average Bonchev–Trinajstić information content (AvgIpc) is 3.75.